The SMILES string of the molecule is CCCCCCNC(N)=NCC(O)COc1cccc(Cl)c1Cl.I. The van der Waals surface area contributed by atoms with Crippen LogP contribution >= 0.6 is 47.2 Å². The molecule has 1 atom stereocenters. The molecule has 138 valence electrons. The third-order valence-electron chi connectivity index (χ3n) is 3.16. The predicted octanol–water partition coefficient (Wildman–Crippen LogP) is 3.84. The van der Waals surface area contributed by atoms with E-state index in [0.29, 0.717) is 21.8 Å². The van der Waals surface area contributed by atoms with Gasteiger partial charge in [-0.2, -0.15) is 0 Å². The lowest BCUT2D eigenvalue weighted by atomic mass is 10.2. The highest BCUT2D eigenvalue weighted by atomic mass is 127. The summed E-state index contributed by atoms with van der Waals surface area (Å²) in [6.07, 6.45) is 3.88. The highest BCUT2D eigenvalue weighted by molar-refractivity contribution is 14.0. The number of aliphatic imine (C=N–C) groups is 1. The van der Waals surface area contributed by atoms with Gasteiger partial charge in [0, 0.05) is 6.54 Å². The Morgan fingerprint density at radius 3 is 2.79 bits per heavy atom. The molecule has 1 aromatic rings. The molecule has 0 saturated heterocycles. The third kappa shape index (κ3) is 9.76. The number of ether oxygens (including phenoxy) is 1. The van der Waals surface area contributed by atoms with E-state index in [2.05, 4.69) is 17.2 Å². The first-order valence-corrected chi connectivity index (χ1v) is 8.58. The van der Waals surface area contributed by atoms with Crippen molar-refractivity contribution >= 4 is 53.1 Å². The molecular formula is C16H26Cl2IN3O2. The Morgan fingerprint density at radius 2 is 2.08 bits per heavy atom. The van der Waals surface area contributed by atoms with Crippen LogP contribution in [0.3, 0.4) is 0 Å². The number of hydrogen-bond donors (Lipinski definition) is 3. The molecule has 0 aromatic heterocycles. The number of nitrogens with zero attached hydrogens (tertiary/aromatic N) is 1. The van der Waals surface area contributed by atoms with Crippen molar-refractivity contribution in [1.82, 2.24) is 5.32 Å². The number of rotatable bonds is 10. The number of nitrogens with one attached hydrogen (secondary N) is 1. The lowest BCUT2D eigenvalue weighted by Gasteiger charge is -2.12. The fourth-order valence-electron chi connectivity index (χ4n) is 1.86. The summed E-state index contributed by atoms with van der Waals surface area (Å²) in [5.41, 5.74) is 5.74. The molecule has 0 bridgehead atoms. The van der Waals surface area contributed by atoms with Crippen LogP contribution in [0.1, 0.15) is 32.6 Å². The topological polar surface area (TPSA) is 79.9 Å². The minimum Gasteiger partial charge on any atom is -0.489 e. The minimum absolute atomic E-state index is 0. The standard InChI is InChI=1S/C16H25Cl2N3O2.HI/c1-2-3-4-5-9-20-16(19)21-10-12(22)11-23-14-8-6-7-13(17)15(14)18;/h6-8,12,22H,2-5,9-11H2,1H3,(H3,19,20,21);1H. The highest BCUT2D eigenvalue weighted by Crippen LogP contribution is 2.31. The van der Waals surface area contributed by atoms with Gasteiger partial charge in [-0.15, -0.1) is 24.0 Å². The van der Waals surface area contributed by atoms with Crippen molar-refractivity contribution in [3.8, 4) is 5.75 Å². The lowest BCUT2D eigenvalue weighted by molar-refractivity contribution is 0.114. The van der Waals surface area contributed by atoms with E-state index in [-0.39, 0.29) is 37.1 Å². The maximum Gasteiger partial charge on any atom is 0.188 e. The molecule has 1 aromatic carbocycles. The number of aliphatic hydroxyl groups is 1. The smallest absolute Gasteiger partial charge is 0.188 e. The van der Waals surface area contributed by atoms with E-state index in [1.165, 1.54) is 19.3 Å². The summed E-state index contributed by atoms with van der Waals surface area (Å²) in [4.78, 5) is 4.09. The molecule has 8 heteroatoms. The number of nitrogens with two attached hydrogens (primary N) is 1. The van der Waals surface area contributed by atoms with Crippen molar-refractivity contribution < 1.29 is 9.84 Å². The van der Waals surface area contributed by atoms with Crippen LogP contribution in [0.4, 0.5) is 0 Å². The quantitative estimate of drug-likeness (QED) is 0.202. The normalized spacial score (nSPS) is 12.4. The molecule has 1 unspecified atom stereocenters. The molecule has 0 amide bonds. The Balaban J connectivity index is 0.00000529. The van der Waals surface area contributed by atoms with Gasteiger partial charge in [0.2, 0.25) is 0 Å². The van der Waals surface area contributed by atoms with Crippen LogP contribution in [0, 0.1) is 0 Å². The third-order valence-corrected chi connectivity index (χ3v) is 3.96. The summed E-state index contributed by atoms with van der Waals surface area (Å²) >= 11 is 11.9. The molecule has 0 saturated carbocycles. The van der Waals surface area contributed by atoms with E-state index in [9.17, 15) is 5.11 Å². The van der Waals surface area contributed by atoms with Gasteiger partial charge in [-0.1, -0.05) is 55.5 Å². The fourth-order valence-corrected chi connectivity index (χ4v) is 2.21. The zero-order valence-corrected chi connectivity index (χ0v) is 17.6. The van der Waals surface area contributed by atoms with Crippen molar-refractivity contribution in [3.05, 3.63) is 28.2 Å². The van der Waals surface area contributed by atoms with Gasteiger partial charge < -0.3 is 20.9 Å². The summed E-state index contributed by atoms with van der Waals surface area (Å²) in [6.45, 7) is 3.18. The van der Waals surface area contributed by atoms with E-state index in [1.54, 1.807) is 18.2 Å². The molecule has 0 fully saturated rings. The van der Waals surface area contributed by atoms with Crippen LogP contribution in [0.25, 0.3) is 0 Å². The molecule has 4 N–H and O–H groups in total. The molecule has 0 spiro atoms. The maximum atomic E-state index is 9.87. The van der Waals surface area contributed by atoms with E-state index < -0.39 is 6.10 Å². The Morgan fingerprint density at radius 1 is 1.33 bits per heavy atom. The molecule has 1 rings (SSSR count). The van der Waals surface area contributed by atoms with Crippen molar-refractivity contribution in [2.45, 2.75) is 38.7 Å². The number of hydrogen-bond acceptors (Lipinski definition) is 3. The fraction of sp³-hybridized carbons (Fsp3) is 0.562. The Bertz CT molecular complexity index is 504. The zero-order valence-electron chi connectivity index (χ0n) is 13.8. The van der Waals surface area contributed by atoms with Gasteiger partial charge in [-0.25, -0.2) is 0 Å². The summed E-state index contributed by atoms with van der Waals surface area (Å²) in [7, 11) is 0. The zero-order chi connectivity index (χ0) is 17.1. The summed E-state index contributed by atoms with van der Waals surface area (Å²) < 4.78 is 5.44. The van der Waals surface area contributed by atoms with Crippen LogP contribution in [0.5, 0.6) is 5.75 Å². The van der Waals surface area contributed by atoms with Crippen LogP contribution in [-0.4, -0.2) is 36.9 Å². The predicted molar refractivity (Wildman–Crippen MR) is 112 cm³/mol. The van der Waals surface area contributed by atoms with Gasteiger partial charge in [0.15, 0.2) is 5.96 Å². The van der Waals surface area contributed by atoms with Crippen molar-refractivity contribution in [2.24, 2.45) is 10.7 Å². The maximum absolute atomic E-state index is 9.87. The van der Waals surface area contributed by atoms with Gasteiger partial charge >= 0.3 is 0 Å². The summed E-state index contributed by atoms with van der Waals surface area (Å²) in [6, 6.07) is 5.09. The van der Waals surface area contributed by atoms with Gasteiger partial charge in [0.05, 0.1) is 11.6 Å². The van der Waals surface area contributed by atoms with Crippen molar-refractivity contribution in [2.75, 3.05) is 19.7 Å². The van der Waals surface area contributed by atoms with E-state index >= 15 is 0 Å². The molecule has 24 heavy (non-hydrogen) atoms. The monoisotopic (exact) mass is 489 g/mol. The number of guanidine groups is 1. The first-order valence-electron chi connectivity index (χ1n) is 7.83. The average Bonchev–Trinajstić information content (AvgIpc) is 2.54. The highest BCUT2D eigenvalue weighted by Gasteiger charge is 2.09. The summed E-state index contributed by atoms with van der Waals surface area (Å²) in [5, 5.41) is 13.6. The molecule has 0 aliphatic heterocycles. The molecule has 5 nitrogen and oxygen atoms in total. The second kappa shape index (κ2) is 13.8. The Labute approximate surface area is 171 Å². The van der Waals surface area contributed by atoms with Gasteiger partial charge in [-0.05, 0) is 18.6 Å². The number of benzene rings is 1. The Hall–Kier alpha value is -0.440. The number of halogens is 3. The molecule has 0 aliphatic carbocycles. The van der Waals surface area contributed by atoms with Crippen molar-refractivity contribution in [3.63, 3.8) is 0 Å². The second-order valence-corrected chi connectivity index (χ2v) is 6.02. The van der Waals surface area contributed by atoms with Crippen LogP contribution in [0.2, 0.25) is 10.0 Å². The minimum atomic E-state index is -0.773. The largest absolute Gasteiger partial charge is 0.489 e. The first-order chi connectivity index (χ1) is 11.0. The van der Waals surface area contributed by atoms with Crippen molar-refractivity contribution in [1.29, 1.82) is 0 Å². The van der Waals surface area contributed by atoms with E-state index in [1.807, 2.05) is 0 Å². The number of aliphatic hydroxyl groups excluding tert-OH is 1. The molecule has 0 radical (unpaired) electrons. The van der Waals surface area contributed by atoms with Crippen LogP contribution in [0.15, 0.2) is 23.2 Å². The summed E-state index contributed by atoms with van der Waals surface area (Å²) in [5.74, 6) is 0.769. The van der Waals surface area contributed by atoms with Crippen LogP contribution < -0.4 is 15.8 Å². The van der Waals surface area contributed by atoms with E-state index in [4.69, 9.17) is 33.7 Å². The molecule has 0 heterocycles. The van der Waals surface area contributed by atoms with Crippen LogP contribution in [-0.2, 0) is 0 Å². The number of unbranched alkanes of at least 4 members (excludes halogenated alkanes) is 3. The van der Waals surface area contributed by atoms with Gasteiger partial charge in [0.25, 0.3) is 0 Å². The van der Waals surface area contributed by atoms with Gasteiger partial charge in [0.1, 0.15) is 23.5 Å². The van der Waals surface area contributed by atoms with Gasteiger partial charge in [-0.3, -0.25) is 4.99 Å². The first kappa shape index (κ1) is 23.6. The molecule has 0 aliphatic rings. The lowest BCUT2D eigenvalue weighted by Crippen LogP contribution is -2.34. The molecular weight excluding hydrogens is 464 g/mol. The Kier molecular flexibility index (Phi) is 13.6. The average molecular weight is 490 g/mol. The second-order valence-electron chi connectivity index (χ2n) is 5.23. The van der Waals surface area contributed by atoms with E-state index in [0.717, 1.165) is 13.0 Å².